The van der Waals surface area contributed by atoms with E-state index in [0.717, 1.165) is 11.1 Å². The third kappa shape index (κ3) is 5.01. The molecule has 1 amide bonds. The highest BCUT2D eigenvalue weighted by atomic mass is 35.5. The number of nitrogens with zero attached hydrogens (tertiary/aromatic N) is 2. The fraction of sp³-hybridized carbons (Fsp3) is 0.250. The van der Waals surface area contributed by atoms with Crippen LogP contribution in [0.25, 0.3) is 11.4 Å². The lowest BCUT2D eigenvalue weighted by atomic mass is 10.2. The summed E-state index contributed by atoms with van der Waals surface area (Å²) < 4.78 is 15.7. The molecule has 7 nitrogen and oxygen atoms in total. The minimum Gasteiger partial charge on any atom is -0.497 e. The third-order valence-electron chi connectivity index (χ3n) is 4.10. The molecule has 0 unspecified atom stereocenters. The van der Waals surface area contributed by atoms with E-state index in [-0.39, 0.29) is 12.3 Å². The summed E-state index contributed by atoms with van der Waals surface area (Å²) in [6.07, 6.45) is 0.580. The van der Waals surface area contributed by atoms with Crippen molar-refractivity contribution in [2.45, 2.75) is 19.4 Å². The molecule has 0 saturated heterocycles. The van der Waals surface area contributed by atoms with Crippen molar-refractivity contribution in [2.75, 3.05) is 14.2 Å². The molecular formula is C20H20ClN3O4. The fourth-order valence-corrected chi connectivity index (χ4v) is 2.72. The van der Waals surface area contributed by atoms with Crippen molar-refractivity contribution in [1.29, 1.82) is 0 Å². The summed E-state index contributed by atoms with van der Waals surface area (Å²) in [7, 11) is 3.17. The largest absolute Gasteiger partial charge is 0.497 e. The molecule has 28 heavy (non-hydrogen) atoms. The van der Waals surface area contributed by atoms with Crippen molar-refractivity contribution >= 4 is 17.5 Å². The predicted octanol–water partition coefficient (Wildman–Crippen LogP) is 3.66. The van der Waals surface area contributed by atoms with E-state index in [2.05, 4.69) is 15.5 Å². The van der Waals surface area contributed by atoms with Gasteiger partial charge in [-0.25, -0.2) is 0 Å². The number of hydrogen-bond donors (Lipinski definition) is 1. The summed E-state index contributed by atoms with van der Waals surface area (Å²) in [6.45, 7) is 0.332. The molecule has 0 aliphatic rings. The van der Waals surface area contributed by atoms with E-state index in [0.29, 0.717) is 41.2 Å². The molecule has 146 valence electrons. The third-order valence-corrected chi connectivity index (χ3v) is 4.35. The lowest BCUT2D eigenvalue weighted by molar-refractivity contribution is -0.121. The van der Waals surface area contributed by atoms with Crippen LogP contribution in [0.15, 0.2) is 47.0 Å². The van der Waals surface area contributed by atoms with Crippen LogP contribution in [0, 0.1) is 0 Å². The first-order valence-corrected chi connectivity index (χ1v) is 9.03. The van der Waals surface area contributed by atoms with Gasteiger partial charge in [0.1, 0.15) is 11.5 Å². The van der Waals surface area contributed by atoms with E-state index in [1.54, 1.807) is 38.5 Å². The first kappa shape index (κ1) is 19.7. The minimum absolute atomic E-state index is 0.129. The van der Waals surface area contributed by atoms with E-state index in [4.69, 9.17) is 25.6 Å². The zero-order chi connectivity index (χ0) is 19.9. The Morgan fingerprint density at radius 1 is 1.14 bits per heavy atom. The Kier molecular flexibility index (Phi) is 6.49. The lowest BCUT2D eigenvalue weighted by Gasteiger charge is -2.11. The molecule has 8 heteroatoms. The number of ether oxygens (including phenoxy) is 2. The summed E-state index contributed by atoms with van der Waals surface area (Å²) in [6, 6.07) is 12.6. The summed E-state index contributed by atoms with van der Waals surface area (Å²) in [5.74, 6) is 2.12. The molecule has 0 aliphatic heterocycles. The smallest absolute Gasteiger partial charge is 0.227 e. The number of benzene rings is 2. The first-order valence-electron chi connectivity index (χ1n) is 8.65. The van der Waals surface area contributed by atoms with Gasteiger partial charge < -0.3 is 19.3 Å². The molecular weight excluding hydrogens is 382 g/mol. The van der Waals surface area contributed by atoms with Crippen LogP contribution < -0.4 is 14.8 Å². The van der Waals surface area contributed by atoms with Crippen molar-refractivity contribution < 1.29 is 18.8 Å². The van der Waals surface area contributed by atoms with Gasteiger partial charge in [0.2, 0.25) is 17.6 Å². The molecule has 2 aromatic carbocycles. The highest BCUT2D eigenvalue weighted by molar-refractivity contribution is 6.30. The van der Waals surface area contributed by atoms with Gasteiger partial charge in [0, 0.05) is 35.5 Å². The average molecular weight is 402 g/mol. The predicted molar refractivity (Wildman–Crippen MR) is 104 cm³/mol. The lowest BCUT2D eigenvalue weighted by Crippen LogP contribution is -2.23. The highest BCUT2D eigenvalue weighted by Gasteiger charge is 2.12. The van der Waals surface area contributed by atoms with Gasteiger partial charge in [0.05, 0.1) is 14.2 Å². The van der Waals surface area contributed by atoms with Gasteiger partial charge in [-0.15, -0.1) is 0 Å². The maximum Gasteiger partial charge on any atom is 0.227 e. The Bertz CT molecular complexity index is 941. The zero-order valence-electron chi connectivity index (χ0n) is 15.6. The molecule has 3 rings (SSSR count). The summed E-state index contributed by atoms with van der Waals surface area (Å²) in [5, 5.41) is 7.43. The second-order valence-electron chi connectivity index (χ2n) is 5.97. The molecule has 0 radical (unpaired) electrons. The molecule has 0 saturated carbocycles. The molecule has 0 aliphatic carbocycles. The van der Waals surface area contributed by atoms with Crippen LogP contribution in [-0.4, -0.2) is 30.3 Å². The van der Waals surface area contributed by atoms with Crippen molar-refractivity contribution in [1.82, 2.24) is 15.5 Å². The maximum absolute atomic E-state index is 12.2. The van der Waals surface area contributed by atoms with Gasteiger partial charge in [-0.05, 0) is 42.5 Å². The van der Waals surface area contributed by atoms with E-state index in [9.17, 15) is 4.79 Å². The van der Waals surface area contributed by atoms with Crippen molar-refractivity contribution in [3.8, 4) is 22.9 Å². The Morgan fingerprint density at radius 3 is 2.64 bits per heavy atom. The molecule has 1 N–H and O–H groups in total. The molecule has 1 aromatic heterocycles. The van der Waals surface area contributed by atoms with Crippen LogP contribution in [0.1, 0.15) is 17.9 Å². The van der Waals surface area contributed by atoms with Gasteiger partial charge in [-0.2, -0.15) is 4.98 Å². The van der Waals surface area contributed by atoms with Crippen molar-refractivity contribution in [2.24, 2.45) is 0 Å². The quantitative estimate of drug-likeness (QED) is 0.620. The number of aromatic nitrogens is 2. The molecule has 3 aromatic rings. The number of nitrogens with one attached hydrogen (secondary N) is 1. The van der Waals surface area contributed by atoms with E-state index in [1.807, 2.05) is 18.2 Å². The van der Waals surface area contributed by atoms with Gasteiger partial charge >= 0.3 is 0 Å². The van der Waals surface area contributed by atoms with Crippen molar-refractivity contribution in [3.05, 3.63) is 58.9 Å². The fourth-order valence-electron chi connectivity index (χ4n) is 2.60. The van der Waals surface area contributed by atoms with E-state index in [1.165, 1.54) is 0 Å². The number of halogens is 1. The summed E-state index contributed by atoms with van der Waals surface area (Å²) in [5.41, 5.74) is 1.63. The molecule has 1 heterocycles. The molecule has 0 spiro atoms. The van der Waals surface area contributed by atoms with E-state index >= 15 is 0 Å². The average Bonchev–Trinajstić information content (AvgIpc) is 3.20. The number of carbonyl (C=O) groups is 1. The van der Waals surface area contributed by atoms with Crippen LogP contribution in [0.3, 0.4) is 0 Å². The first-order chi connectivity index (χ1) is 13.6. The monoisotopic (exact) mass is 401 g/mol. The topological polar surface area (TPSA) is 86.5 Å². The standard InChI is InChI=1S/C20H20ClN3O4/c1-26-16-7-8-17(27-2)14(11-16)12-22-18(25)9-10-19-23-20(24-28-19)13-3-5-15(21)6-4-13/h3-8,11H,9-10,12H2,1-2H3,(H,22,25). The summed E-state index contributed by atoms with van der Waals surface area (Å²) >= 11 is 5.88. The maximum atomic E-state index is 12.2. The number of methoxy groups -OCH3 is 2. The van der Waals surface area contributed by atoms with E-state index < -0.39 is 0 Å². The second-order valence-corrected chi connectivity index (χ2v) is 6.41. The normalized spacial score (nSPS) is 10.5. The van der Waals surface area contributed by atoms with Crippen LogP contribution in [0.4, 0.5) is 0 Å². The number of rotatable bonds is 8. The molecule has 0 bridgehead atoms. The van der Waals surface area contributed by atoms with Crippen LogP contribution >= 0.6 is 11.6 Å². The van der Waals surface area contributed by atoms with Crippen LogP contribution in [0.5, 0.6) is 11.5 Å². The Hall–Kier alpha value is -3.06. The van der Waals surface area contributed by atoms with Gasteiger partial charge in [-0.3, -0.25) is 4.79 Å². The van der Waals surface area contributed by atoms with Gasteiger partial charge in [-0.1, -0.05) is 16.8 Å². The molecule has 0 atom stereocenters. The number of aryl methyl sites for hydroxylation is 1. The highest BCUT2D eigenvalue weighted by Crippen LogP contribution is 2.24. The second kappa shape index (κ2) is 9.23. The number of hydrogen-bond acceptors (Lipinski definition) is 6. The zero-order valence-corrected chi connectivity index (χ0v) is 16.3. The number of carbonyl (C=O) groups excluding carboxylic acids is 1. The SMILES string of the molecule is COc1ccc(OC)c(CNC(=O)CCc2nc(-c3ccc(Cl)cc3)no2)c1. The number of amides is 1. The Labute approximate surface area is 167 Å². The van der Waals surface area contributed by atoms with Gasteiger partial charge in [0.25, 0.3) is 0 Å². The molecule has 0 fully saturated rings. The summed E-state index contributed by atoms with van der Waals surface area (Å²) in [4.78, 5) is 16.5. The Morgan fingerprint density at radius 2 is 1.93 bits per heavy atom. The van der Waals surface area contributed by atoms with Crippen LogP contribution in [-0.2, 0) is 17.8 Å². The van der Waals surface area contributed by atoms with Crippen molar-refractivity contribution in [3.63, 3.8) is 0 Å². The minimum atomic E-state index is -0.129. The van der Waals surface area contributed by atoms with Gasteiger partial charge in [0.15, 0.2) is 0 Å². The Balaban J connectivity index is 1.53. The van der Waals surface area contributed by atoms with Crippen LogP contribution in [0.2, 0.25) is 5.02 Å².